The largest absolute Gasteiger partial charge is 0.235 e. The summed E-state index contributed by atoms with van der Waals surface area (Å²) in [6, 6.07) is 11.0. The molecule has 4 heteroatoms. The average Bonchev–Trinajstić information content (AvgIpc) is 2.29. The maximum absolute atomic E-state index is 13.0. The normalized spacial score (nSPS) is 9.81. The monoisotopic (exact) mass is 232 g/mol. The molecule has 0 amide bonds. The van der Waals surface area contributed by atoms with E-state index in [0.29, 0.717) is 16.8 Å². The fourth-order valence-corrected chi connectivity index (χ4v) is 1.53. The third-order valence-electron chi connectivity index (χ3n) is 2.08. The lowest BCUT2D eigenvalue weighted by Crippen LogP contribution is -1.90. The molecule has 2 aromatic rings. The first-order valence-corrected chi connectivity index (χ1v) is 4.91. The molecule has 1 aromatic heterocycles. The summed E-state index contributed by atoms with van der Waals surface area (Å²) in [6.07, 6.45) is 0. The number of hydrogen-bond acceptors (Lipinski definition) is 2. The fraction of sp³-hybridized carbons (Fsp3) is 0. The number of nitrogens with zero attached hydrogens (tertiary/aromatic N) is 2. The number of aromatic nitrogens is 1. The summed E-state index contributed by atoms with van der Waals surface area (Å²) in [7, 11) is 0. The van der Waals surface area contributed by atoms with Crippen LogP contribution in [0.5, 0.6) is 0 Å². The molecule has 0 aliphatic carbocycles. The van der Waals surface area contributed by atoms with E-state index in [1.54, 1.807) is 18.2 Å². The summed E-state index contributed by atoms with van der Waals surface area (Å²) in [4.78, 5) is 4.03. The summed E-state index contributed by atoms with van der Waals surface area (Å²) in [6.45, 7) is 0. The van der Waals surface area contributed by atoms with Gasteiger partial charge < -0.3 is 0 Å². The molecule has 0 bridgehead atoms. The van der Waals surface area contributed by atoms with Crippen molar-refractivity contribution >= 4 is 11.6 Å². The molecule has 0 atom stereocenters. The van der Waals surface area contributed by atoms with Gasteiger partial charge in [0.25, 0.3) is 0 Å². The highest BCUT2D eigenvalue weighted by molar-refractivity contribution is 6.29. The molecule has 1 heterocycles. The molecule has 0 N–H and O–H groups in total. The number of pyridine rings is 1. The van der Waals surface area contributed by atoms with Crippen LogP contribution in [-0.4, -0.2) is 4.98 Å². The molecule has 0 saturated carbocycles. The maximum atomic E-state index is 13.0. The highest BCUT2D eigenvalue weighted by Gasteiger charge is 2.08. The van der Waals surface area contributed by atoms with Crippen LogP contribution < -0.4 is 0 Å². The summed E-state index contributed by atoms with van der Waals surface area (Å²) >= 11 is 5.75. The lowest BCUT2D eigenvalue weighted by Gasteiger charge is -2.03. The lowest BCUT2D eigenvalue weighted by atomic mass is 10.1. The molecule has 78 valence electrons. The van der Waals surface area contributed by atoms with Crippen LogP contribution >= 0.6 is 11.6 Å². The number of halogens is 2. The second-order valence-corrected chi connectivity index (χ2v) is 3.54. The van der Waals surface area contributed by atoms with Crippen molar-refractivity contribution in [3.63, 3.8) is 0 Å². The zero-order chi connectivity index (χ0) is 11.5. The van der Waals surface area contributed by atoms with Gasteiger partial charge in [-0.2, -0.15) is 5.26 Å². The van der Waals surface area contributed by atoms with Gasteiger partial charge in [0.1, 0.15) is 17.0 Å². The van der Waals surface area contributed by atoms with E-state index >= 15 is 0 Å². The molecule has 16 heavy (non-hydrogen) atoms. The van der Waals surface area contributed by atoms with Gasteiger partial charge in [0, 0.05) is 5.56 Å². The lowest BCUT2D eigenvalue weighted by molar-refractivity contribution is 0.628. The van der Waals surface area contributed by atoms with Gasteiger partial charge in [0.05, 0.1) is 11.3 Å². The van der Waals surface area contributed by atoms with Gasteiger partial charge in [-0.05, 0) is 24.3 Å². The Morgan fingerprint density at radius 3 is 2.75 bits per heavy atom. The van der Waals surface area contributed by atoms with Crippen LogP contribution in [0.25, 0.3) is 11.3 Å². The van der Waals surface area contributed by atoms with Crippen molar-refractivity contribution in [1.29, 1.82) is 5.26 Å². The molecular weight excluding hydrogens is 227 g/mol. The molecule has 1 aromatic carbocycles. The van der Waals surface area contributed by atoms with E-state index in [4.69, 9.17) is 16.9 Å². The highest BCUT2D eigenvalue weighted by Crippen LogP contribution is 2.23. The van der Waals surface area contributed by atoms with Crippen molar-refractivity contribution in [2.24, 2.45) is 0 Å². The third-order valence-corrected chi connectivity index (χ3v) is 2.29. The van der Waals surface area contributed by atoms with Crippen LogP contribution in [0.2, 0.25) is 5.15 Å². The molecule has 2 nitrogen and oxygen atoms in total. The molecule has 0 aliphatic rings. The minimum absolute atomic E-state index is 0.276. The second-order valence-electron chi connectivity index (χ2n) is 3.15. The van der Waals surface area contributed by atoms with Gasteiger partial charge in [0.15, 0.2) is 0 Å². The third kappa shape index (κ3) is 2.02. The van der Waals surface area contributed by atoms with E-state index in [-0.39, 0.29) is 11.0 Å². The summed E-state index contributed by atoms with van der Waals surface area (Å²) in [5.41, 5.74) is 1.31. The smallest absolute Gasteiger partial charge is 0.129 e. The Morgan fingerprint density at radius 1 is 1.25 bits per heavy atom. The predicted octanol–water partition coefficient (Wildman–Crippen LogP) is 3.41. The van der Waals surface area contributed by atoms with Gasteiger partial charge in [-0.1, -0.05) is 23.7 Å². The zero-order valence-electron chi connectivity index (χ0n) is 8.11. The van der Waals surface area contributed by atoms with Crippen molar-refractivity contribution in [1.82, 2.24) is 4.98 Å². The molecule has 2 rings (SSSR count). The van der Waals surface area contributed by atoms with Crippen LogP contribution in [0, 0.1) is 17.1 Å². The average molecular weight is 233 g/mol. The van der Waals surface area contributed by atoms with Gasteiger partial charge in [-0.15, -0.1) is 0 Å². The Bertz CT molecular complexity index is 575. The second kappa shape index (κ2) is 4.30. The van der Waals surface area contributed by atoms with Crippen LogP contribution in [0.4, 0.5) is 4.39 Å². The Morgan fingerprint density at radius 2 is 2.06 bits per heavy atom. The van der Waals surface area contributed by atoms with E-state index in [1.807, 2.05) is 6.07 Å². The number of nitriles is 1. The minimum atomic E-state index is -0.372. The Balaban J connectivity index is 2.64. The van der Waals surface area contributed by atoms with Crippen LogP contribution in [0.15, 0.2) is 36.4 Å². The quantitative estimate of drug-likeness (QED) is 0.707. The topological polar surface area (TPSA) is 36.7 Å². The van der Waals surface area contributed by atoms with Crippen molar-refractivity contribution in [2.45, 2.75) is 0 Å². The van der Waals surface area contributed by atoms with Gasteiger partial charge in [-0.25, -0.2) is 9.37 Å². The zero-order valence-corrected chi connectivity index (χ0v) is 8.87. The predicted molar refractivity (Wildman–Crippen MR) is 59.4 cm³/mol. The number of rotatable bonds is 1. The first kappa shape index (κ1) is 10.6. The van der Waals surface area contributed by atoms with Gasteiger partial charge in [0.2, 0.25) is 0 Å². The SMILES string of the molecule is N#Cc1ccc(Cl)nc1-c1cccc(F)c1. The van der Waals surface area contributed by atoms with Crippen molar-refractivity contribution < 1.29 is 4.39 Å². The molecule has 0 fully saturated rings. The van der Waals surface area contributed by atoms with Gasteiger partial charge >= 0.3 is 0 Å². The highest BCUT2D eigenvalue weighted by atomic mass is 35.5. The van der Waals surface area contributed by atoms with Crippen molar-refractivity contribution in [3.8, 4) is 17.3 Å². The van der Waals surface area contributed by atoms with Crippen molar-refractivity contribution in [3.05, 3.63) is 52.9 Å². The first-order valence-electron chi connectivity index (χ1n) is 4.53. The van der Waals surface area contributed by atoms with Crippen molar-refractivity contribution in [2.75, 3.05) is 0 Å². The molecule has 0 radical (unpaired) electrons. The summed E-state index contributed by atoms with van der Waals surface area (Å²) in [5.74, 6) is -0.372. The molecular formula is C12H6ClFN2. The summed E-state index contributed by atoms with van der Waals surface area (Å²) in [5, 5.41) is 9.19. The Kier molecular flexibility index (Phi) is 2.84. The first-order chi connectivity index (χ1) is 7.70. The van der Waals surface area contributed by atoms with Crippen LogP contribution in [0.1, 0.15) is 5.56 Å². The van der Waals surface area contributed by atoms with E-state index in [9.17, 15) is 4.39 Å². The van der Waals surface area contributed by atoms with E-state index < -0.39 is 0 Å². The Hall–Kier alpha value is -1.92. The maximum Gasteiger partial charge on any atom is 0.129 e. The standard InChI is InChI=1S/C12H6ClFN2/c13-11-5-4-9(7-15)12(16-11)8-2-1-3-10(14)6-8/h1-6H. The molecule has 0 aliphatic heterocycles. The Labute approximate surface area is 96.9 Å². The van der Waals surface area contributed by atoms with E-state index in [2.05, 4.69) is 4.98 Å². The van der Waals surface area contributed by atoms with Crippen LogP contribution in [0.3, 0.4) is 0 Å². The molecule has 0 saturated heterocycles. The van der Waals surface area contributed by atoms with Gasteiger partial charge in [-0.3, -0.25) is 0 Å². The number of hydrogen-bond donors (Lipinski definition) is 0. The molecule has 0 unspecified atom stereocenters. The van der Waals surface area contributed by atoms with E-state index in [0.717, 1.165) is 0 Å². The minimum Gasteiger partial charge on any atom is -0.235 e. The molecule has 0 spiro atoms. The fourth-order valence-electron chi connectivity index (χ4n) is 1.38. The number of benzene rings is 1. The van der Waals surface area contributed by atoms with E-state index in [1.165, 1.54) is 18.2 Å². The van der Waals surface area contributed by atoms with Crippen LogP contribution in [-0.2, 0) is 0 Å². The summed E-state index contributed by atoms with van der Waals surface area (Å²) < 4.78 is 13.0.